The van der Waals surface area contributed by atoms with Crippen LogP contribution in [-0.4, -0.2) is 32.4 Å². The molecule has 0 unspecified atom stereocenters. The molecular weight excluding hydrogens is 569 g/mol. The number of esters is 1. The first kappa shape index (κ1) is 28.3. The van der Waals surface area contributed by atoms with Crippen molar-refractivity contribution in [2.24, 2.45) is 11.3 Å². The molecule has 3 aromatic carbocycles. The lowest BCUT2D eigenvalue weighted by molar-refractivity contribution is -0.384. The average Bonchev–Trinajstić information content (AvgIpc) is 3.41. The molecule has 9 nitrogen and oxygen atoms in total. The Morgan fingerprint density at radius 1 is 0.976 bits per heavy atom. The zero-order valence-corrected chi connectivity index (χ0v) is 23.4. The van der Waals surface area contributed by atoms with Gasteiger partial charge in [-0.1, -0.05) is 84.4 Å². The maximum atomic E-state index is 14.4. The van der Waals surface area contributed by atoms with Crippen molar-refractivity contribution in [2.45, 2.75) is 25.4 Å². The number of rotatable bonds is 9. The van der Waals surface area contributed by atoms with E-state index in [0.717, 1.165) is 11.1 Å². The van der Waals surface area contributed by atoms with Crippen LogP contribution in [0.1, 0.15) is 39.5 Å². The van der Waals surface area contributed by atoms with Gasteiger partial charge in [0, 0.05) is 18.1 Å². The van der Waals surface area contributed by atoms with Crippen molar-refractivity contribution >= 4 is 40.6 Å². The Morgan fingerprint density at radius 2 is 1.51 bits per heavy atom. The zero-order chi connectivity index (χ0) is 29.3. The molecule has 11 heteroatoms. The van der Waals surface area contributed by atoms with Gasteiger partial charge < -0.3 is 4.74 Å². The predicted molar refractivity (Wildman–Crippen MR) is 153 cm³/mol. The van der Waals surface area contributed by atoms with E-state index in [0.29, 0.717) is 5.56 Å². The van der Waals surface area contributed by atoms with Gasteiger partial charge in [-0.15, -0.1) is 11.6 Å². The van der Waals surface area contributed by atoms with Gasteiger partial charge in [0.1, 0.15) is 16.3 Å². The van der Waals surface area contributed by atoms with E-state index in [4.69, 9.17) is 27.9 Å². The van der Waals surface area contributed by atoms with Crippen LogP contribution >= 0.6 is 23.2 Å². The van der Waals surface area contributed by atoms with E-state index in [1.54, 1.807) is 0 Å². The maximum Gasteiger partial charge on any atom is 0.330 e. The van der Waals surface area contributed by atoms with Gasteiger partial charge in [-0.3, -0.25) is 28.8 Å². The molecule has 5 rings (SSSR count). The number of nitro groups is 1. The molecule has 0 radical (unpaired) electrons. The summed E-state index contributed by atoms with van der Waals surface area (Å²) in [5.74, 6) is -2.33. The topological polar surface area (TPSA) is 113 Å². The number of halogens is 2. The van der Waals surface area contributed by atoms with Crippen LogP contribution in [0.3, 0.4) is 0 Å². The summed E-state index contributed by atoms with van der Waals surface area (Å²) in [6, 6.07) is 23.9. The first-order chi connectivity index (χ1) is 19.6. The van der Waals surface area contributed by atoms with E-state index < -0.39 is 39.1 Å². The number of non-ortho nitro benzene ring substituents is 1. The zero-order valence-electron chi connectivity index (χ0n) is 21.9. The Morgan fingerprint density at radius 3 is 2.05 bits per heavy atom. The molecule has 1 aliphatic heterocycles. The number of hydrogen-bond acceptors (Lipinski definition) is 6. The van der Waals surface area contributed by atoms with Crippen molar-refractivity contribution in [3.05, 3.63) is 133 Å². The minimum Gasteiger partial charge on any atom is -0.465 e. The van der Waals surface area contributed by atoms with Crippen molar-refractivity contribution in [3.8, 4) is 0 Å². The number of alkyl halides is 1. The Kier molecular flexibility index (Phi) is 7.84. The summed E-state index contributed by atoms with van der Waals surface area (Å²) in [5, 5.41) is 10.1. The Labute approximate surface area is 245 Å². The molecule has 2 heterocycles. The number of imidazole rings is 1. The summed E-state index contributed by atoms with van der Waals surface area (Å²) in [5.41, 5.74) is -0.488. The van der Waals surface area contributed by atoms with Crippen molar-refractivity contribution in [1.29, 1.82) is 0 Å². The number of aromatic nitrogens is 2. The van der Waals surface area contributed by atoms with Crippen LogP contribution in [0.2, 0.25) is 5.15 Å². The molecule has 1 aliphatic rings. The van der Waals surface area contributed by atoms with Gasteiger partial charge in [0.05, 0.1) is 30.0 Å². The van der Waals surface area contributed by atoms with Crippen molar-refractivity contribution < 1.29 is 19.2 Å². The van der Waals surface area contributed by atoms with Crippen molar-refractivity contribution in [2.75, 3.05) is 6.61 Å². The number of ether oxygens (including phenoxy) is 1. The molecule has 1 fully saturated rings. The largest absolute Gasteiger partial charge is 0.465 e. The van der Waals surface area contributed by atoms with Crippen LogP contribution in [0.5, 0.6) is 0 Å². The lowest BCUT2D eigenvalue weighted by atomic mass is 9.72. The number of nitrogens with zero attached hydrogens (tertiary/aromatic N) is 3. The maximum absolute atomic E-state index is 14.4. The summed E-state index contributed by atoms with van der Waals surface area (Å²) in [6.07, 6.45) is 0. The number of nitro benzene ring substituents is 1. The Hall–Kier alpha value is -4.21. The minimum atomic E-state index is -1.79. The van der Waals surface area contributed by atoms with Crippen LogP contribution in [0.25, 0.3) is 0 Å². The predicted octanol–water partition coefficient (Wildman–Crippen LogP) is 5.65. The first-order valence-electron chi connectivity index (χ1n) is 12.8. The van der Waals surface area contributed by atoms with E-state index in [1.165, 1.54) is 40.3 Å². The second-order valence-electron chi connectivity index (χ2n) is 10.1. The van der Waals surface area contributed by atoms with Crippen LogP contribution in [0.4, 0.5) is 5.69 Å². The van der Waals surface area contributed by atoms with Crippen LogP contribution in [-0.2, 0) is 22.6 Å². The highest BCUT2D eigenvalue weighted by Crippen LogP contribution is 2.48. The molecule has 0 aliphatic carbocycles. The molecule has 0 bridgehead atoms. The summed E-state index contributed by atoms with van der Waals surface area (Å²) in [6.45, 7) is 1.45. The highest BCUT2D eigenvalue weighted by molar-refractivity contribution is 6.34. The third-order valence-electron chi connectivity index (χ3n) is 7.55. The third kappa shape index (κ3) is 5.18. The van der Waals surface area contributed by atoms with Crippen LogP contribution in [0, 0.1) is 21.4 Å². The fourth-order valence-electron chi connectivity index (χ4n) is 5.13. The van der Waals surface area contributed by atoms with Gasteiger partial charge in [0.25, 0.3) is 5.69 Å². The van der Waals surface area contributed by atoms with E-state index in [9.17, 15) is 24.5 Å². The molecule has 0 N–H and O–H groups in total. The second-order valence-corrected chi connectivity index (χ2v) is 10.9. The molecule has 4 aromatic rings. The number of carbonyl (C=O) groups excluding carboxylic acids is 2. The highest BCUT2D eigenvalue weighted by Gasteiger charge is 2.58. The average molecular weight is 594 g/mol. The standard InChI is InChI=1S/C30H25Cl2N3O6/c1-30(23(18-41-28(30)37)24(31)21-12-14-22(15-13-21)35(39)40)26(36)25-27(32)34(17-20-10-6-3-7-11-20)29(38)33(25)16-19-8-4-2-5-9-19/h2-15,23-24H,16-18H2,1H3/t23-,24-,30+/m1/s1. The smallest absolute Gasteiger partial charge is 0.330 e. The van der Waals surface area contributed by atoms with Crippen molar-refractivity contribution in [3.63, 3.8) is 0 Å². The van der Waals surface area contributed by atoms with E-state index in [2.05, 4.69) is 0 Å². The lowest BCUT2D eigenvalue weighted by Crippen LogP contribution is -2.42. The normalized spacial score (nSPS) is 19.1. The fourth-order valence-corrected chi connectivity index (χ4v) is 5.92. The van der Waals surface area contributed by atoms with E-state index >= 15 is 0 Å². The number of ketones is 1. The van der Waals surface area contributed by atoms with Gasteiger partial charge in [-0.05, 0) is 23.6 Å². The molecular formula is C30H25Cl2N3O6. The van der Waals surface area contributed by atoms with E-state index in [1.807, 2.05) is 60.7 Å². The second kappa shape index (κ2) is 11.3. The summed E-state index contributed by atoms with van der Waals surface area (Å²) in [4.78, 5) is 51.9. The summed E-state index contributed by atoms with van der Waals surface area (Å²) < 4.78 is 7.96. The van der Waals surface area contributed by atoms with Crippen LogP contribution in [0.15, 0.2) is 89.7 Å². The number of benzene rings is 3. The SMILES string of the molecule is C[C@]1(C(=O)c2c(Cl)n(Cc3ccccc3)c(=O)n2Cc2ccccc2)C(=O)OC[C@@H]1[C@H](Cl)c1ccc([N+](=O)[O-])cc1. The van der Waals surface area contributed by atoms with E-state index in [-0.39, 0.29) is 36.2 Å². The Balaban J connectivity index is 1.59. The van der Waals surface area contributed by atoms with Crippen LogP contribution < -0.4 is 5.69 Å². The number of carbonyl (C=O) groups is 2. The monoisotopic (exact) mass is 593 g/mol. The van der Waals surface area contributed by atoms with Gasteiger partial charge in [-0.25, -0.2) is 4.79 Å². The molecule has 1 aromatic heterocycles. The molecule has 210 valence electrons. The van der Waals surface area contributed by atoms with Crippen molar-refractivity contribution in [1.82, 2.24) is 9.13 Å². The Bertz CT molecular complexity index is 1670. The summed E-state index contributed by atoms with van der Waals surface area (Å²) in [7, 11) is 0. The fraction of sp³-hybridized carbons (Fsp3) is 0.233. The molecule has 0 spiro atoms. The number of Topliss-reactive ketones (excluding diaryl/α,β-unsaturated/α-hetero) is 1. The molecule has 1 saturated heterocycles. The van der Waals surface area contributed by atoms with Gasteiger partial charge in [0.2, 0.25) is 0 Å². The number of cyclic esters (lactones) is 1. The van der Waals surface area contributed by atoms with Gasteiger partial charge >= 0.3 is 11.7 Å². The quantitative estimate of drug-likeness (QED) is 0.0618. The number of hydrogen-bond donors (Lipinski definition) is 0. The molecule has 0 saturated carbocycles. The molecule has 0 amide bonds. The lowest BCUT2D eigenvalue weighted by Gasteiger charge is -2.29. The third-order valence-corrected chi connectivity index (χ3v) is 8.49. The molecule has 3 atom stereocenters. The highest BCUT2D eigenvalue weighted by atomic mass is 35.5. The van der Waals surface area contributed by atoms with Gasteiger partial charge in [-0.2, -0.15) is 0 Å². The minimum absolute atomic E-state index is 0.0463. The first-order valence-corrected chi connectivity index (χ1v) is 13.6. The van der Waals surface area contributed by atoms with Gasteiger partial charge in [0.15, 0.2) is 5.78 Å². The molecule has 41 heavy (non-hydrogen) atoms. The summed E-state index contributed by atoms with van der Waals surface area (Å²) >= 11 is 13.6.